The Morgan fingerprint density at radius 3 is 2.33 bits per heavy atom. The summed E-state index contributed by atoms with van der Waals surface area (Å²) in [5.41, 5.74) is 3.15. The first-order valence-corrected chi connectivity index (χ1v) is 10.2. The van der Waals surface area contributed by atoms with Crippen molar-refractivity contribution in [3.05, 3.63) is 102 Å². The molecule has 0 fully saturated rings. The molecule has 1 N–H and O–H groups in total. The van der Waals surface area contributed by atoms with E-state index in [1.807, 2.05) is 79.7 Å². The maximum absolute atomic E-state index is 12.7. The maximum Gasteiger partial charge on any atom is 0.265 e. The third-order valence-electron chi connectivity index (χ3n) is 5.04. The second-order valence-electron chi connectivity index (χ2n) is 7.24. The Labute approximate surface area is 176 Å². The monoisotopic (exact) mass is 396 g/mol. The Kier molecular flexibility index (Phi) is 6.04. The van der Waals surface area contributed by atoms with E-state index >= 15 is 0 Å². The molecule has 0 aliphatic carbocycles. The van der Waals surface area contributed by atoms with E-state index in [0.717, 1.165) is 22.9 Å². The number of rotatable bonds is 7. The van der Waals surface area contributed by atoms with Crippen molar-refractivity contribution in [2.24, 2.45) is 0 Å². The van der Waals surface area contributed by atoms with Gasteiger partial charge in [-0.1, -0.05) is 49.4 Å². The Bertz CT molecular complexity index is 1120. The number of anilines is 1. The summed E-state index contributed by atoms with van der Waals surface area (Å²) in [5, 5.41) is 5.21. The third kappa shape index (κ3) is 4.84. The second kappa shape index (κ2) is 9.23. The van der Waals surface area contributed by atoms with Crippen LogP contribution >= 0.6 is 0 Å². The number of carbonyl (C=O) groups excluding carboxylic acids is 1. The van der Waals surface area contributed by atoms with Crippen LogP contribution in [0.15, 0.2) is 91.3 Å². The van der Waals surface area contributed by atoms with Crippen molar-refractivity contribution < 1.29 is 9.53 Å². The van der Waals surface area contributed by atoms with Crippen LogP contribution in [0.25, 0.3) is 10.8 Å². The number of hydrogen-bond donors (Lipinski definition) is 1. The zero-order valence-corrected chi connectivity index (χ0v) is 16.9. The summed E-state index contributed by atoms with van der Waals surface area (Å²) in [6.45, 7) is 1.95. The first kappa shape index (κ1) is 19.6. The molecule has 0 spiro atoms. The van der Waals surface area contributed by atoms with Gasteiger partial charge in [0, 0.05) is 18.1 Å². The van der Waals surface area contributed by atoms with Gasteiger partial charge in [-0.2, -0.15) is 0 Å². The van der Waals surface area contributed by atoms with E-state index in [2.05, 4.69) is 16.4 Å². The number of hydrogen-bond acceptors (Lipinski definition) is 3. The average Bonchev–Trinajstić information content (AvgIpc) is 2.79. The van der Waals surface area contributed by atoms with Crippen LogP contribution in [0.1, 0.15) is 24.5 Å². The molecule has 4 nitrogen and oxygen atoms in total. The highest BCUT2D eigenvalue weighted by molar-refractivity contribution is 5.94. The standard InChI is InChI=1S/C26H24N2O2/c1-2-25(30-24-12-9-21-5-3-4-6-22(21)18-24)26(29)28-23-10-7-19(8-11-23)17-20-13-15-27-16-14-20/h3-16,18,25H,2,17H2,1H3,(H,28,29). The number of ether oxygens (including phenoxy) is 1. The highest BCUT2D eigenvalue weighted by Gasteiger charge is 2.18. The largest absolute Gasteiger partial charge is 0.481 e. The van der Waals surface area contributed by atoms with E-state index in [-0.39, 0.29) is 5.91 Å². The van der Waals surface area contributed by atoms with Crippen LogP contribution in [-0.2, 0) is 11.2 Å². The smallest absolute Gasteiger partial charge is 0.265 e. The minimum Gasteiger partial charge on any atom is -0.481 e. The minimum absolute atomic E-state index is 0.146. The van der Waals surface area contributed by atoms with Crippen molar-refractivity contribution in [2.45, 2.75) is 25.9 Å². The number of amides is 1. The fourth-order valence-corrected chi connectivity index (χ4v) is 3.39. The van der Waals surface area contributed by atoms with Crippen molar-refractivity contribution in [3.63, 3.8) is 0 Å². The van der Waals surface area contributed by atoms with Crippen LogP contribution in [0.2, 0.25) is 0 Å². The van der Waals surface area contributed by atoms with Crippen LogP contribution < -0.4 is 10.1 Å². The number of benzene rings is 3. The van der Waals surface area contributed by atoms with Gasteiger partial charge in [0.1, 0.15) is 5.75 Å². The number of fused-ring (bicyclic) bond motifs is 1. The lowest BCUT2D eigenvalue weighted by Crippen LogP contribution is -2.32. The van der Waals surface area contributed by atoms with Gasteiger partial charge < -0.3 is 10.1 Å². The van der Waals surface area contributed by atoms with Crippen molar-refractivity contribution in [1.29, 1.82) is 0 Å². The molecule has 4 heteroatoms. The van der Waals surface area contributed by atoms with E-state index in [9.17, 15) is 4.79 Å². The molecule has 30 heavy (non-hydrogen) atoms. The highest BCUT2D eigenvalue weighted by Crippen LogP contribution is 2.22. The van der Waals surface area contributed by atoms with Crippen LogP contribution in [-0.4, -0.2) is 17.0 Å². The Hall–Kier alpha value is -3.66. The highest BCUT2D eigenvalue weighted by atomic mass is 16.5. The zero-order valence-electron chi connectivity index (χ0n) is 16.9. The summed E-state index contributed by atoms with van der Waals surface area (Å²) in [6.07, 6.45) is 4.45. The lowest BCUT2D eigenvalue weighted by molar-refractivity contribution is -0.122. The molecule has 1 amide bonds. The number of carbonyl (C=O) groups is 1. The second-order valence-corrected chi connectivity index (χ2v) is 7.24. The van der Waals surface area contributed by atoms with Gasteiger partial charge in [0.25, 0.3) is 5.91 Å². The quantitative estimate of drug-likeness (QED) is 0.441. The van der Waals surface area contributed by atoms with Crippen molar-refractivity contribution in [1.82, 2.24) is 4.98 Å². The molecule has 0 saturated heterocycles. The van der Waals surface area contributed by atoms with E-state index < -0.39 is 6.10 Å². The number of nitrogens with one attached hydrogen (secondary N) is 1. The lowest BCUT2D eigenvalue weighted by Gasteiger charge is -2.18. The molecule has 0 aliphatic rings. The van der Waals surface area contributed by atoms with E-state index in [1.165, 1.54) is 11.1 Å². The van der Waals surface area contributed by atoms with Gasteiger partial charge in [0.2, 0.25) is 0 Å². The molecule has 4 rings (SSSR count). The van der Waals surface area contributed by atoms with Gasteiger partial charge >= 0.3 is 0 Å². The SMILES string of the molecule is CCC(Oc1ccc2ccccc2c1)C(=O)Nc1ccc(Cc2ccncc2)cc1. The summed E-state index contributed by atoms with van der Waals surface area (Å²) in [4.78, 5) is 16.8. The van der Waals surface area contributed by atoms with Crippen LogP contribution in [0.3, 0.4) is 0 Å². The predicted octanol–water partition coefficient (Wildman–Crippen LogP) is 5.62. The summed E-state index contributed by atoms with van der Waals surface area (Å²) in [5.74, 6) is 0.552. The van der Waals surface area contributed by atoms with E-state index in [1.54, 1.807) is 12.4 Å². The van der Waals surface area contributed by atoms with Crippen LogP contribution in [0, 0.1) is 0 Å². The summed E-state index contributed by atoms with van der Waals surface area (Å²) < 4.78 is 5.99. The first-order valence-electron chi connectivity index (χ1n) is 10.2. The van der Waals surface area contributed by atoms with E-state index in [0.29, 0.717) is 12.2 Å². The van der Waals surface area contributed by atoms with Crippen molar-refractivity contribution in [3.8, 4) is 5.75 Å². The van der Waals surface area contributed by atoms with E-state index in [4.69, 9.17) is 4.74 Å². The molecular formula is C26H24N2O2. The Balaban J connectivity index is 1.39. The zero-order chi connectivity index (χ0) is 20.8. The van der Waals surface area contributed by atoms with Gasteiger partial charge in [-0.15, -0.1) is 0 Å². The molecule has 1 unspecified atom stereocenters. The fraction of sp³-hybridized carbons (Fsp3) is 0.154. The topological polar surface area (TPSA) is 51.2 Å². The normalized spacial score (nSPS) is 11.8. The fourth-order valence-electron chi connectivity index (χ4n) is 3.39. The average molecular weight is 396 g/mol. The molecule has 4 aromatic rings. The third-order valence-corrected chi connectivity index (χ3v) is 5.04. The maximum atomic E-state index is 12.7. The number of nitrogens with zero attached hydrogens (tertiary/aromatic N) is 1. The molecule has 0 radical (unpaired) electrons. The molecule has 150 valence electrons. The summed E-state index contributed by atoms with van der Waals surface area (Å²) in [7, 11) is 0. The summed E-state index contributed by atoms with van der Waals surface area (Å²) in [6, 6.07) is 25.9. The molecular weight excluding hydrogens is 372 g/mol. The molecule has 1 aromatic heterocycles. The molecule has 0 bridgehead atoms. The van der Waals surface area contributed by atoms with Gasteiger partial charge in [-0.3, -0.25) is 9.78 Å². The number of pyridine rings is 1. The van der Waals surface area contributed by atoms with Gasteiger partial charge in [0.15, 0.2) is 6.10 Å². The minimum atomic E-state index is -0.553. The molecule has 1 heterocycles. The molecule has 0 saturated carbocycles. The van der Waals surface area contributed by atoms with Gasteiger partial charge in [-0.05, 0) is 71.1 Å². The van der Waals surface area contributed by atoms with Crippen molar-refractivity contribution >= 4 is 22.4 Å². The lowest BCUT2D eigenvalue weighted by atomic mass is 10.1. The molecule has 0 aliphatic heterocycles. The number of aromatic nitrogens is 1. The summed E-state index contributed by atoms with van der Waals surface area (Å²) >= 11 is 0. The van der Waals surface area contributed by atoms with Crippen molar-refractivity contribution in [2.75, 3.05) is 5.32 Å². The van der Waals surface area contributed by atoms with Crippen LogP contribution in [0.5, 0.6) is 5.75 Å². The van der Waals surface area contributed by atoms with Gasteiger partial charge in [-0.25, -0.2) is 0 Å². The predicted molar refractivity (Wildman–Crippen MR) is 121 cm³/mol. The Morgan fingerprint density at radius 1 is 0.900 bits per heavy atom. The molecule has 1 atom stereocenters. The van der Waals surface area contributed by atoms with Crippen LogP contribution in [0.4, 0.5) is 5.69 Å². The van der Waals surface area contributed by atoms with Gasteiger partial charge in [0.05, 0.1) is 0 Å². The first-order chi connectivity index (χ1) is 14.7. The Morgan fingerprint density at radius 2 is 1.60 bits per heavy atom. The molecule has 3 aromatic carbocycles.